The van der Waals surface area contributed by atoms with E-state index in [0.717, 1.165) is 23.9 Å². The standard InChI is InChI=1S/C14H14N4S/c1-15-13-6-2-4-11(17-13)10-18-8-7-16-14(18)12-5-3-9-19-12/h2-9H,10H2,1H3,(H,15,17). The van der Waals surface area contributed by atoms with Crippen LogP contribution < -0.4 is 5.32 Å². The first kappa shape index (κ1) is 11.9. The van der Waals surface area contributed by atoms with Crippen molar-refractivity contribution < 1.29 is 0 Å². The molecule has 0 amide bonds. The number of hydrogen-bond donors (Lipinski definition) is 1. The Hall–Kier alpha value is -2.14. The minimum Gasteiger partial charge on any atom is -0.373 e. The van der Waals surface area contributed by atoms with Crippen LogP contribution in [-0.4, -0.2) is 21.6 Å². The lowest BCUT2D eigenvalue weighted by Gasteiger charge is -2.07. The minimum atomic E-state index is 0.725. The van der Waals surface area contributed by atoms with E-state index in [2.05, 4.69) is 31.3 Å². The third-order valence-electron chi connectivity index (χ3n) is 2.85. The largest absolute Gasteiger partial charge is 0.373 e. The molecule has 3 aromatic heterocycles. The molecule has 0 saturated heterocycles. The Morgan fingerprint density at radius 1 is 1.26 bits per heavy atom. The molecule has 3 aromatic rings. The monoisotopic (exact) mass is 270 g/mol. The molecule has 0 aliphatic rings. The van der Waals surface area contributed by atoms with Gasteiger partial charge in [-0.15, -0.1) is 11.3 Å². The molecule has 0 unspecified atom stereocenters. The predicted molar refractivity (Wildman–Crippen MR) is 78.4 cm³/mol. The minimum absolute atomic E-state index is 0.725. The average Bonchev–Trinajstić information content (AvgIpc) is 3.09. The van der Waals surface area contributed by atoms with E-state index >= 15 is 0 Å². The summed E-state index contributed by atoms with van der Waals surface area (Å²) in [7, 11) is 1.88. The van der Waals surface area contributed by atoms with Gasteiger partial charge in [0, 0.05) is 19.4 Å². The second-order valence-corrected chi connectivity index (χ2v) is 5.07. The fourth-order valence-electron chi connectivity index (χ4n) is 1.95. The lowest BCUT2D eigenvalue weighted by atomic mass is 10.3. The molecule has 0 bridgehead atoms. The molecule has 0 aliphatic carbocycles. The molecular weight excluding hydrogens is 256 g/mol. The quantitative estimate of drug-likeness (QED) is 0.792. The van der Waals surface area contributed by atoms with Gasteiger partial charge in [0.25, 0.3) is 0 Å². The Balaban J connectivity index is 1.89. The van der Waals surface area contributed by atoms with Gasteiger partial charge in [-0.25, -0.2) is 9.97 Å². The van der Waals surface area contributed by atoms with Gasteiger partial charge in [-0.1, -0.05) is 12.1 Å². The van der Waals surface area contributed by atoms with Gasteiger partial charge in [-0.3, -0.25) is 0 Å². The zero-order valence-corrected chi connectivity index (χ0v) is 11.4. The zero-order valence-electron chi connectivity index (χ0n) is 10.6. The molecule has 3 heterocycles. The Kier molecular flexibility index (Phi) is 3.29. The van der Waals surface area contributed by atoms with Gasteiger partial charge in [0.05, 0.1) is 17.1 Å². The van der Waals surface area contributed by atoms with Crippen molar-refractivity contribution in [2.24, 2.45) is 0 Å². The molecule has 0 aromatic carbocycles. The van der Waals surface area contributed by atoms with E-state index in [0.29, 0.717) is 0 Å². The second-order valence-electron chi connectivity index (χ2n) is 4.12. The van der Waals surface area contributed by atoms with Gasteiger partial charge < -0.3 is 9.88 Å². The van der Waals surface area contributed by atoms with Crippen LogP contribution in [-0.2, 0) is 6.54 Å². The predicted octanol–water partition coefficient (Wildman–Crippen LogP) is 3.10. The van der Waals surface area contributed by atoms with Crippen LogP contribution in [0.5, 0.6) is 0 Å². The van der Waals surface area contributed by atoms with Crippen molar-refractivity contribution in [3.05, 3.63) is 53.8 Å². The first-order chi connectivity index (χ1) is 9.36. The van der Waals surface area contributed by atoms with Crippen LogP contribution in [0.3, 0.4) is 0 Å². The summed E-state index contributed by atoms with van der Waals surface area (Å²) in [5.41, 5.74) is 1.02. The van der Waals surface area contributed by atoms with Crippen LogP contribution in [0, 0.1) is 0 Å². The summed E-state index contributed by atoms with van der Waals surface area (Å²) in [6.45, 7) is 0.725. The van der Waals surface area contributed by atoms with E-state index in [9.17, 15) is 0 Å². The smallest absolute Gasteiger partial charge is 0.150 e. The molecule has 0 saturated carbocycles. The van der Waals surface area contributed by atoms with E-state index in [-0.39, 0.29) is 0 Å². The van der Waals surface area contributed by atoms with E-state index in [1.807, 2.05) is 43.7 Å². The Morgan fingerprint density at radius 2 is 2.21 bits per heavy atom. The maximum absolute atomic E-state index is 4.53. The molecular formula is C14H14N4S. The SMILES string of the molecule is CNc1cccc(Cn2ccnc2-c2cccs2)n1. The number of nitrogens with zero attached hydrogens (tertiary/aromatic N) is 3. The molecule has 0 aliphatic heterocycles. The third kappa shape index (κ3) is 2.51. The molecule has 1 N–H and O–H groups in total. The summed E-state index contributed by atoms with van der Waals surface area (Å²) in [4.78, 5) is 10.1. The fourth-order valence-corrected chi connectivity index (χ4v) is 2.69. The van der Waals surface area contributed by atoms with Crippen molar-refractivity contribution in [1.29, 1.82) is 0 Å². The summed E-state index contributed by atoms with van der Waals surface area (Å²) in [6, 6.07) is 10.1. The topological polar surface area (TPSA) is 42.7 Å². The van der Waals surface area contributed by atoms with Crippen LogP contribution in [0.4, 0.5) is 5.82 Å². The molecule has 0 atom stereocenters. The highest BCUT2D eigenvalue weighted by atomic mass is 32.1. The molecule has 5 heteroatoms. The normalized spacial score (nSPS) is 10.6. The van der Waals surface area contributed by atoms with Crippen LogP contribution in [0.1, 0.15) is 5.69 Å². The summed E-state index contributed by atoms with van der Waals surface area (Å²) in [5.74, 6) is 1.88. The van der Waals surface area contributed by atoms with E-state index in [1.165, 1.54) is 4.88 Å². The maximum Gasteiger partial charge on any atom is 0.150 e. The van der Waals surface area contributed by atoms with Gasteiger partial charge >= 0.3 is 0 Å². The number of thiophene rings is 1. The highest BCUT2D eigenvalue weighted by Gasteiger charge is 2.07. The first-order valence-electron chi connectivity index (χ1n) is 6.05. The molecule has 0 radical (unpaired) electrons. The molecule has 0 fully saturated rings. The Labute approximate surface area is 115 Å². The van der Waals surface area contributed by atoms with Gasteiger partial charge in [-0.2, -0.15) is 0 Å². The number of pyridine rings is 1. The molecule has 3 rings (SSSR count). The summed E-state index contributed by atoms with van der Waals surface area (Å²) in [5, 5.41) is 5.12. The first-order valence-corrected chi connectivity index (χ1v) is 6.93. The fraction of sp³-hybridized carbons (Fsp3) is 0.143. The lowest BCUT2D eigenvalue weighted by molar-refractivity contribution is 0.784. The number of rotatable bonds is 4. The maximum atomic E-state index is 4.53. The number of imidazole rings is 1. The van der Waals surface area contributed by atoms with Crippen LogP contribution in [0.15, 0.2) is 48.1 Å². The summed E-state index contributed by atoms with van der Waals surface area (Å²) < 4.78 is 2.12. The van der Waals surface area contributed by atoms with Gasteiger partial charge in [0.2, 0.25) is 0 Å². The van der Waals surface area contributed by atoms with Crippen molar-refractivity contribution in [1.82, 2.24) is 14.5 Å². The Morgan fingerprint density at radius 3 is 3.00 bits per heavy atom. The summed E-state index contributed by atoms with van der Waals surface area (Å²) in [6.07, 6.45) is 3.82. The lowest BCUT2D eigenvalue weighted by Crippen LogP contribution is -2.03. The van der Waals surface area contributed by atoms with Crippen LogP contribution >= 0.6 is 11.3 Å². The van der Waals surface area contributed by atoms with Crippen LogP contribution in [0.25, 0.3) is 10.7 Å². The molecule has 19 heavy (non-hydrogen) atoms. The number of anilines is 1. The van der Waals surface area contributed by atoms with Crippen molar-refractivity contribution in [2.75, 3.05) is 12.4 Å². The molecule has 4 nitrogen and oxygen atoms in total. The van der Waals surface area contributed by atoms with E-state index in [1.54, 1.807) is 11.3 Å². The van der Waals surface area contributed by atoms with Crippen molar-refractivity contribution in [2.45, 2.75) is 6.54 Å². The highest BCUT2D eigenvalue weighted by molar-refractivity contribution is 7.13. The number of aromatic nitrogens is 3. The molecule has 96 valence electrons. The number of hydrogen-bond acceptors (Lipinski definition) is 4. The average molecular weight is 270 g/mol. The van der Waals surface area contributed by atoms with E-state index in [4.69, 9.17) is 0 Å². The summed E-state index contributed by atoms with van der Waals surface area (Å²) >= 11 is 1.70. The van der Waals surface area contributed by atoms with Crippen molar-refractivity contribution >= 4 is 17.2 Å². The third-order valence-corrected chi connectivity index (χ3v) is 3.72. The van der Waals surface area contributed by atoms with Gasteiger partial charge in [0.1, 0.15) is 11.6 Å². The van der Waals surface area contributed by atoms with Gasteiger partial charge in [-0.05, 0) is 23.6 Å². The van der Waals surface area contributed by atoms with Crippen molar-refractivity contribution in [3.8, 4) is 10.7 Å². The van der Waals surface area contributed by atoms with Crippen molar-refractivity contribution in [3.63, 3.8) is 0 Å². The second kappa shape index (κ2) is 5.24. The number of nitrogens with one attached hydrogen (secondary N) is 1. The Bertz CT molecular complexity index is 658. The highest BCUT2D eigenvalue weighted by Crippen LogP contribution is 2.23. The zero-order chi connectivity index (χ0) is 13.1. The molecule has 0 spiro atoms. The van der Waals surface area contributed by atoms with Gasteiger partial charge in [0.15, 0.2) is 0 Å². The van der Waals surface area contributed by atoms with E-state index < -0.39 is 0 Å². The van der Waals surface area contributed by atoms with Crippen LogP contribution in [0.2, 0.25) is 0 Å².